The van der Waals surface area contributed by atoms with Crippen LogP contribution in [-0.4, -0.2) is 44.2 Å². The van der Waals surface area contributed by atoms with Gasteiger partial charge >= 0.3 is 0 Å². The van der Waals surface area contributed by atoms with E-state index in [0.717, 1.165) is 19.3 Å². The summed E-state index contributed by atoms with van der Waals surface area (Å²) in [5.41, 5.74) is 0.315. The van der Waals surface area contributed by atoms with Crippen molar-refractivity contribution in [3.8, 4) is 5.75 Å². The van der Waals surface area contributed by atoms with E-state index in [9.17, 15) is 13.2 Å². The Labute approximate surface area is 141 Å². The van der Waals surface area contributed by atoms with Gasteiger partial charge in [0.25, 0.3) is 0 Å². The van der Waals surface area contributed by atoms with Crippen molar-refractivity contribution < 1.29 is 17.9 Å². The maximum Gasteiger partial charge on any atom is 0.243 e. The van der Waals surface area contributed by atoms with Crippen molar-refractivity contribution in [2.75, 3.05) is 30.9 Å². The van der Waals surface area contributed by atoms with Crippen molar-refractivity contribution in [1.29, 1.82) is 0 Å². The number of benzene rings is 1. The minimum absolute atomic E-state index is 0.146. The average Bonchev–Trinajstić information content (AvgIpc) is 2.57. The summed E-state index contributed by atoms with van der Waals surface area (Å²) >= 11 is 5.50. The summed E-state index contributed by atoms with van der Waals surface area (Å²) < 4.78 is 32.3. The third-order valence-electron chi connectivity index (χ3n) is 3.60. The summed E-state index contributed by atoms with van der Waals surface area (Å²) in [6, 6.07) is 4.49. The Kier molecular flexibility index (Phi) is 6.26. The third kappa shape index (κ3) is 4.37. The molecule has 1 saturated heterocycles. The van der Waals surface area contributed by atoms with Crippen LogP contribution in [0.2, 0.25) is 0 Å². The molecule has 0 bridgehead atoms. The number of piperidine rings is 1. The highest BCUT2D eigenvalue weighted by Gasteiger charge is 2.26. The first-order valence-corrected chi connectivity index (χ1v) is 9.59. The maximum atomic E-state index is 12.7. The lowest BCUT2D eigenvalue weighted by Crippen LogP contribution is -2.35. The van der Waals surface area contributed by atoms with Gasteiger partial charge in [0.2, 0.25) is 15.9 Å². The molecule has 23 heavy (non-hydrogen) atoms. The molecule has 0 radical (unpaired) electrons. The van der Waals surface area contributed by atoms with E-state index in [-0.39, 0.29) is 10.8 Å². The Bertz CT molecular complexity index is 657. The van der Waals surface area contributed by atoms with Gasteiger partial charge in [-0.15, -0.1) is 11.6 Å². The van der Waals surface area contributed by atoms with E-state index >= 15 is 0 Å². The average molecular weight is 361 g/mol. The highest BCUT2D eigenvalue weighted by Crippen LogP contribution is 2.30. The SMILES string of the molecule is CCOc1ccc(S(=O)(=O)N2CCCCC2)cc1NC(=O)CCl. The molecule has 1 fully saturated rings. The molecule has 8 heteroatoms. The van der Waals surface area contributed by atoms with Crippen LogP contribution < -0.4 is 10.1 Å². The number of nitrogens with one attached hydrogen (secondary N) is 1. The molecule has 0 unspecified atom stereocenters. The van der Waals surface area contributed by atoms with Gasteiger partial charge in [0.15, 0.2) is 0 Å². The van der Waals surface area contributed by atoms with Crippen molar-refractivity contribution in [2.24, 2.45) is 0 Å². The van der Waals surface area contributed by atoms with Crippen LogP contribution in [-0.2, 0) is 14.8 Å². The van der Waals surface area contributed by atoms with Crippen LogP contribution in [0.1, 0.15) is 26.2 Å². The second-order valence-corrected chi connectivity index (χ2v) is 7.44. The third-order valence-corrected chi connectivity index (χ3v) is 5.74. The van der Waals surface area contributed by atoms with Crippen molar-refractivity contribution in [2.45, 2.75) is 31.1 Å². The number of amides is 1. The molecule has 2 rings (SSSR count). The first-order valence-electron chi connectivity index (χ1n) is 7.62. The second kappa shape index (κ2) is 7.99. The van der Waals surface area contributed by atoms with E-state index in [2.05, 4.69) is 5.32 Å². The zero-order valence-electron chi connectivity index (χ0n) is 13.0. The van der Waals surface area contributed by atoms with E-state index < -0.39 is 15.9 Å². The van der Waals surface area contributed by atoms with Gasteiger partial charge in [-0.3, -0.25) is 4.79 Å². The molecule has 128 valence electrons. The second-order valence-electron chi connectivity index (χ2n) is 5.24. The molecule has 1 aromatic rings. The van der Waals surface area contributed by atoms with Crippen LogP contribution in [0, 0.1) is 0 Å². The van der Waals surface area contributed by atoms with Gasteiger partial charge in [-0.25, -0.2) is 8.42 Å². The Balaban J connectivity index is 2.34. The predicted octanol–water partition coefficient (Wildman–Crippen LogP) is 2.44. The van der Waals surface area contributed by atoms with Crippen molar-refractivity contribution in [1.82, 2.24) is 4.31 Å². The first-order chi connectivity index (χ1) is 11.0. The standard InChI is InChI=1S/C15H21ClN2O4S/c1-2-22-14-7-6-12(10-13(14)17-15(19)11-16)23(20,21)18-8-4-3-5-9-18/h6-7,10H,2-5,8-9,11H2,1H3,(H,17,19). The number of carbonyl (C=O) groups excluding carboxylic acids is 1. The quantitative estimate of drug-likeness (QED) is 0.790. The summed E-state index contributed by atoms with van der Waals surface area (Å²) in [6.45, 7) is 3.27. The van der Waals surface area contributed by atoms with Crippen molar-refractivity contribution >= 4 is 33.2 Å². The number of alkyl halides is 1. The van der Waals surface area contributed by atoms with E-state index in [1.807, 2.05) is 6.92 Å². The molecular weight excluding hydrogens is 340 g/mol. The van der Waals surface area contributed by atoms with Crippen LogP contribution >= 0.6 is 11.6 Å². The number of carbonyl (C=O) groups is 1. The predicted molar refractivity (Wildman–Crippen MR) is 89.6 cm³/mol. The molecule has 0 aliphatic carbocycles. The van der Waals surface area contributed by atoms with Crippen LogP contribution in [0.15, 0.2) is 23.1 Å². The zero-order valence-corrected chi connectivity index (χ0v) is 14.6. The lowest BCUT2D eigenvalue weighted by atomic mass is 10.2. The lowest BCUT2D eigenvalue weighted by Gasteiger charge is -2.26. The molecule has 1 aromatic carbocycles. The van der Waals surface area contributed by atoms with Crippen LogP contribution in [0.4, 0.5) is 5.69 Å². The summed E-state index contributed by atoms with van der Waals surface area (Å²) in [5.74, 6) is -0.210. The largest absolute Gasteiger partial charge is 0.492 e. The molecule has 0 aromatic heterocycles. The van der Waals surface area contributed by atoms with Gasteiger partial charge in [0.05, 0.1) is 17.2 Å². The zero-order chi connectivity index (χ0) is 16.9. The smallest absolute Gasteiger partial charge is 0.243 e. The minimum Gasteiger partial charge on any atom is -0.492 e. The van der Waals surface area contributed by atoms with Gasteiger partial charge in [-0.1, -0.05) is 6.42 Å². The summed E-state index contributed by atoms with van der Waals surface area (Å²) in [6.07, 6.45) is 2.78. The number of nitrogens with zero attached hydrogens (tertiary/aromatic N) is 1. The Morgan fingerprint density at radius 3 is 2.61 bits per heavy atom. The van der Waals surface area contributed by atoms with Crippen molar-refractivity contribution in [3.63, 3.8) is 0 Å². The fourth-order valence-corrected chi connectivity index (χ4v) is 4.10. The molecule has 6 nitrogen and oxygen atoms in total. The lowest BCUT2D eigenvalue weighted by molar-refractivity contribution is -0.113. The molecular formula is C15H21ClN2O4S. The van der Waals surface area contributed by atoms with Crippen LogP contribution in [0.5, 0.6) is 5.75 Å². The number of hydrogen-bond acceptors (Lipinski definition) is 4. The van der Waals surface area contributed by atoms with E-state index in [1.54, 1.807) is 6.07 Å². The molecule has 0 saturated carbocycles. The topological polar surface area (TPSA) is 75.7 Å². The van der Waals surface area contributed by atoms with Gasteiger partial charge < -0.3 is 10.1 Å². The highest BCUT2D eigenvalue weighted by atomic mass is 35.5. The van der Waals surface area contributed by atoms with Crippen LogP contribution in [0.25, 0.3) is 0 Å². The Morgan fingerprint density at radius 2 is 2.00 bits per heavy atom. The number of ether oxygens (including phenoxy) is 1. The molecule has 1 amide bonds. The summed E-state index contributed by atoms with van der Waals surface area (Å²) in [7, 11) is -3.57. The highest BCUT2D eigenvalue weighted by molar-refractivity contribution is 7.89. The molecule has 1 N–H and O–H groups in total. The number of hydrogen-bond donors (Lipinski definition) is 1. The van der Waals surface area contributed by atoms with E-state index in [1.165, 1.54) is 16.4 Å². The number of halogens is 1. The van der Waals surface area contributed by atoms with Crippen LogP contribution in [0.3, 0.4) is 0 Å². The van der Waals surface area contributed by atoms with E-state index in [0.29, 0.717) is 31.1 Å². The summed E-state index contributed by atoms with van der Waals surface area (Å²) in [4.78, 5) is 11.7. The molecule has 0 spiro atoms. The fourth-order valence-electron chi connectivity index (χ4n) is 2.49. The Morgan fingerprint density at radius 1 is 1.30 bits per heavy atom. The molecule has 0 atom stereocenters. The number of anilines is 1. The fraction of sp³-hybridized carbons (Fsp3) is 0.533. The number of rotatable bonds is 6. The normalized spacial score (nSPS) is 16.1. The molecule has 1 aliphatic rings. The van der Waals surface area contributed by atoms with Gasteiger partial charge in [0.1, 0.15) is 11.6 Å². The minimum atomic E-state index is -3.57. The first kappa shape index (κ1) is 18.0. The van der Waals surface area contributed by atoms with Gasteiger partial charge in [-0.2, -0.15) is 4.31 Å². The van der Waals surface area contributed by atoms with Gasteiger partial charge in [-0.05, 0) is 38.0 Å². The Hall–Kier alpha value is -1.31. The molecule has 1 aliphatic heterocycles. The van der Waals surface area contributed by atoms with E-state index in [4.69, 9.17) is 16.3 Å². The van der Waals surface area contributed by atoms with Crippen molar-refractivity contribution in [3.05, 3.63) is 18.2 Å². The monoisotopic (exact) mass is 360 g/mol. The molecule has 1 heterocycles. The number of sulfonamides is 1. The maximum absolute atomic E-state index is 12.7. The summed E-state index contributed by atoms with van der Waals surface area (Å²) in [5, 5.41) is 2.58. The van der Waals surface area contributed by atoms with Gasteiger partial charge in [0, 0.05) is 13.1 Å².